The molecule has 0 amide bonds. The summed E-state index contributed by atoms with van der Waals surface area (Å²) in [6.45, 7) is 14.2. The Bertz CT molecular complexity index is 2900. The molecule has 283 valence electrons. The van der Waals surface area contributed by atoms with Crippen LogP contribution < -0.4 is 5.19 Å². The summed E-state index contributed by atoms with van der Waals surface area (Å²) in [5.74, 6) is 0. The molecule has 5 aromatic carbocycles. The van der Waals surface area contributed by atoms with Crippen LogP contribution in [0.2, 0.25) is 19.6 Å². The van der Waals surface area contributed by atoms with E-state index in [2.05, 4.69) is 105 Å². The molecule has 0 aliphatic rings. The monoisotopic (exact) mass is 925 g/mol. The van der Waals surface area contributed by atoms with Crippen molar-refractivity contribution >= 4 is 56.7 Å². The van der Waals surface area contributed by atoms with Gasteiger partial charge in [-0.3, -0.25) is 0 Å². The molecule has 0 unspecified atom stereocenters. The van der Waals surface area contributed by atoms with E-state index >= 15 is 0 Å². The fourth-order valence-electron chi connectivity index (χ4n) is 6.68. The van der Waals surface area contributed by atoms with E-state index in [9.17, 15) is 0 Å². The standard InChI is InChI=1S/C34H34NOSi.C16H18N.Ir/c1-21-20-35-30(18-24(21)19-34(2,3)4)29-10-8-9-27-28-15-13-22-11-12-23-17-25(37(5,6)7)14-16-26(23)31(22)33(28)36-32(27)29;1-12-5-7-13(8-6-12)15-10-9-14(11-17-15)16(2,3)4;/h8-9,11-18,20H,19H2,1-7H3;5-7,9-11H,1-4H3;/q2*-1;/i1D3,19D2;1D3;. The van der Waals surface area contributed by atoms with Crippen molar-refractivity contribution in [3.63, 3.8) is 0 Å². The van der Waals surface area contributed by atoms with Gasteiger partial charge >= 0.3 is 0 Å². The summed E-state index contributed by atoms with van der Waals surface area (Å²) in [6.07, 6.45) is 1.22. The maximum Gasteiger partial charge on any atom is 0.129 e. The predicted octanol–water partition coefficient (Wildman–Crippen LogP) is 13.3. The van der Waals surface area contributed by atoms with Crippen LogP contribution in [-0.2, 0) is 31.9 Å². The molecule has 3 heterocycles. The third-order valence-corrected chi connectivity index (χ3v) is 11.7. The van der Waals surface area contributed by atoms with Gasteiger partial charge in [-0.2, -0.15) is 0 Å². The second kappa shape index (κ2) is 15.3. The minimum Gasteiger partial charge on any atom is -0.500 e. The van der Waals surface area contributed by atoms with E-state index in [1.165, 1.54) is 28.4 Å². The van der Waals surface area contributed by atoms with Crippen molar-refractivity contribution in [1.82, 2.24) is 9.97 Å². The van der Waals surface area contributed by atoms with E-state index < -0.39 is 33.6 Å². The summed E-state index contributed by atoms with van der Waals surface area (Å²) in [5.41, 5.74) is 4.67. The van der Waals surface area contributed by atoms with Gasteiger partial charge in [0.1, 0.15) is 5.58 Å². The summed E-state index contributed by atoms with van der Waals surface area (Å²) in [4.78, 5) is 8.96. The van der Waals surface area contributed by atoms with Crippen molar-refractivity contribution in [2.75, 3.05) is 0 Å². The van der Waals surface area contributed by atoms with Crippen LogP contribution >= 0.6 is 0 Å². The van der Waals surface area contributed by atoms with E-state index in [4.69, 9.17) is 15.4 Å². The van der Waals surface area contributed by atoms with Crippen LogP contribution in [0.15, 0.2) is 108 Å². The van der Waals surface area contributed by atoms with Crippen LogP contribution in [0, 0.1) is 31.3 Å². The smallest absolute Gasteiger partial charge is 0.129 e. The first kappa shape index (κ1) is 30.8. The molecule has 0 saturated carbocycles. The zero-order valence-electron chi connectivity index (χ0n) is 41.0. The quantitative estimate of drug-likeness (QED) is 0.100. The van der Waals surface area contributed by atoms with Crippen LogP contribution in [0.4, 0.5) is 0 Å². The summed E-state index contributed by atoms with van der Waals surface area (Å²) in [6, 6.07) is 35.8. The second-order valence-electron chi connectivity index (χ2n) is 17.2. The van der Waals surface area contributed by atoms with Gasteiger partial charge in [-0.15, -0.1) is 53.6 Å². The molecule has 0 N–H and O–H groups in total. The SMILES string of the molecule is [2H]C([2H])([2H])c1c[c-]c(-c2ccc(C(C)(C)C)cn2)cc1.[2H]C([2H])([2H])c1cnc(-c2[c-]ccc3c2oc2c3ccc3ccc4cc([Si](C)(C)C)ccc4c32)cc1C([2H])([2H])C(C)(C)C.[Ir]. The number of hydrogen-bond acceptors (Lipinski definition) is 3. The van der Waals surface area contributed by atoms with E-state index in [1.807, 2.05) is 30.5 Å². The molecule has 0 aliphatic heterocycles. The third kappa shape index (κ3) is 8.55. The van der Waals surface area contributed by atoms with Crippen LogP contribution in [-0.4, -0.2) is 18.0 Å². The molecule has 0 fully saturated rings. The second-order valence-corrected chi connectivity index (χ2v) is 22.2. The molecule has 0 spiro atoms. The molecule has 55 heavy (non-hydrogen) atoms. The molecule has 0 bridgehead atoms. The summed E-state index contributed by atoms with van der Waals surface area (Å²) >= 11 is 0. The van der Waals surface area contributed by atoms with Crippen molar-refractivity contribution in [2.24, 2.45) is 5.41 Å². The zero-order valence-corrected chi connectivity index (χ0v) is 36.3. The number of hydrogen-bond donors (Lipinski definition) is 0. The summed E-state index contributed by atoms with van der Waals surface area (Å²) in [5, 5.41) is 7.72. The zero-order chi connectivity index (χ0) is 45.4. The molecule has 0 atom stereocenters. The molecule has 8 rings (SSSR count). The van der Waals surface area contributed by atoms with Gasteiger partial charge in [0.2, 0.25) is 0 Å². The number of aromatic nitrogens is 2. The van der Waals surface area contributed by atoms with Crippen LogP contribution in [0.25, 0.3) is 66.0 Å². The van der Waals surface area contributed by atoms with Gasteiger partial charge in [0.05, 0.1) is 13.7 Å². The van der Waals surface area contributed by atoms with E-state index in [-0.39, 0.29) is 36.6 Å². The molecule has 3 nitrogen and oxygen atoms in total. The maximum absolute atomic E-state index is 8.93. The molecule has 0 aliphatic carbocycles. The van der Waals surface area contributed by atoms with Crippen molar-refractivity contribution in [2.45, 2.75) is 86.7 Å². The van der Waals surface area contributed by atoms with E-state index in [0.717, 1.165) is 43.8 Å². The van der Waals surface area contributed by atoms with Gasteiger partial charge in [0, 0.05) is 54.2 Å². The van der Waals surface area contributed by atoms with Crippen molar-refractivity contribution in [3.8, 4) is 22.5 Å². The van der Waals surface area contributed by atoms with Crippen LogP contribution in [0.1, 0.15) is 74.8 Å². The van der Waals surface area contributed by atoms with Gasteiger partial charge in [-0.1, -0.05) is 150 Å². The Morgan fingerprint density at radius 2 is 1.45 bits per heavy atom. The first-order valence-electron chi connectivity index (χ1n) is 22.4. The van der Waals surface area contributed by atoms with Gasteiger partial charge in [0.25, 0.3) is 0 Å². The fourth-order valence-corrected chi connectivity index (χ4v) is 7.85. The fraction of sp³-hybridized carbons (Fsp3) is 0.280. The Morgan fingerprint density at radius 1 is 0.727 bits per heavy atom. The molecule has 0 saturated heterocycles. The number of furan rings is 1. The van der Waals surface area contributed by atoms with Crippen LogP contribution in [0.3, 0.4) is 0 Å². The number of fused-ring (bicyclic) bond motifs is 7. The Kier molecular flexibility index (Phi) is 8.53. The topological polar surface area (TPSA) is 38.9 Å². The molecule has 1 radical (unpaired) electrons. The van der Waals surface area contributed by atoms with Crippen molar-refractivity contribution in [1.29, 1.82) is 0 Å². The van der Waals surface area contributed by atoms with Crippen molar-refractivity contribution in [3.05, 3.63) is 138 Å². The predicted molar refractivity (Wildman–Crippen MR) is 234 cm³/mol. The number of aryl methyl sites for hydroxylation is 2. The van der Waals surface area contributed by atoms with E-state index in [0.29, 0.717) is 22.4 Å². The Hall–Kier alpha value is -4.41. The minimum atomic E-state index is -2.51. The third-order valence-electron chi connectivity index (χ3n) is 9.65. The first-order chi connectivity index (χ1) is 28.7. The Balaban J connectivity index is 0.000000265. The van der Waals surface area contributed by atoms with Gasteiger partial charge in [0.15, 0.2) is 0 Å². The number of benzene rings is 5. The average Bonchev–Trinajstić information content (AvgIpc) is 3.58. The Morgan fingerprint density at radius 3 is 2.11 bits per heavy atom. The maximum atomic E-state index is 8.93. The van der Waals surface area contributed by atoms with Crippen LogP contribution in [0.5, 0.6) is 0 Å². The van der Waals surface area contributed by atoms with Gasteiger partial charge in [-0.25, -0.2) is 0 Å². The van der Waals surface area contributed by atoms with Gasteiger partial charge in [-0.05, 0) is 62.7 Å². The molecular formula is C50H52IrN2OSi-2. The van der Waals surface area contributed by atoms with Crippen molar-refractivity contribution < 1.29 is 35.5 Å². The molecule has 8 aromatic rings. The largest absolute Gasteiger partial charge is 0.500 e. The van der Waals surface area contributed by atoms with Gasteiger partial charge < -0.3 is 14.4 Å². The molecule has 3 aromatic heterocycles. The molecule has 5 heteroatoms. The normalized spacial score (nSPS) is 15.1. The number of nitrogens with zero attached hydrogens (tertiary/aromatic N) is 2. The van der Waals surface area contributed by atoms with E-state index in [1.54, 1.807) is 39.0 Å². The minimum absolute atomic E-state index is 0. The first-order valence-corrected chi connectivity index (χ1v) is 21.9. The summed E-state index contributed by atoms with van der Waals surface area (Å²) in [7, 11) is -1.49. The average molecular weight is 925 g/mol. The molecular weight excluding hydrogens is 865 g/mol. The Labute approximate surface area is 353 Å². The number of rotatable bonds is 4. The number of pyridine rings is 2. The summed E-state index contributed by atoms with van der Waals surface area (Å²) < 4.78 is 70.8.